The van der Waals surface area contributed by atoms with Crippen molar-refractivity contribution in [1.29, 1.82) is 0 Å². The molecule has 0 spiro atoms. The van der Waals surface area contributed by atoms with E-state index in [-0.39, 0.29) is 22.6 Å². The minimum atomic E-state index is -1.53. The zero-order valence-corrected chi connectivity index (χ0v) is 20.4. The Morgan fingerprint density at radius 1 is 0.829 bits per heavy atom. The molecule has 6 heteroatoms. The first-order chi connectivity index (χ1) is 16.7. The molecule has 6 nitrogen and oxygen atoms in total. The molecule has 35 heavy (non-hydrogen) atoms. The summed E-state index contributed by atoms with van der Waals surface area (Å²) >= 11 is 0. The van der Waals surface area contributed by atoms with Crippen molar-refractivity contribution in [2.45, 2.75) is 59.0 Å². The van der Waals surface area contributed by atoms with Crippen LogP contribution >= 0.6 is 0 Å². The molecule has 1 aliphatic rings. The van der Waals surface area contributed by atoms with Crippen molar-refractivity contribution in [2.24, 2.45) is 0 Å². The summed E-state index contributed by atoms with van der Waals surface area (Å²) < 4.78 is 6.11. The molecule has 0 saturated heterocycles. The molecule has 1 heterocycles. The highest BCUT2D eigenvalue weighted by molar-refractivity contribution is 6.06. The highest BCUT2D eigenvalue weighted by Crippen LogP contribution is 2.50. The fourth-order valence-corrected chi connectivity index (χ4v) is 5.37. The van der Waals surface area contributed by atoms with E-state index in [2.05, 4.69) is 0 Å². The Bertz CT molecular complexity index is 1280. The van der Waals surface area contributed by atoms with Crippen molar-refractivity contribution in [3.8, 4) is 11.5 Å². The Morgan fingerprint density at radius 3 is 1.77 bits per heavy atom. The molecule has 0 aromatic heterocycles. The van der Waals surface area contributed by atoms with Crippen LogP contribution in [-0.2, 0) is 36.0 Å². The summed E-state index contributed by atoms with van der Waals surface area (Å²) in [6, 6.07) is 11.6. The lowest BCUT2D eigenvalue weighted by atomic mass is 9.76. The number of fused-ring (bicyclic) bond motifs is 1. The van der Waals surface area contributed by atoms with E-state index in [4.69, 9.17) is 4.74 Å². The molecule has 0 saturated carbocycles. The number of ether oxygens (including phenoxy) is 1. The van der Waals surface area contributed by atoms with E-state index in [0.29, 0.717) is 42.4 Å². The number of esters is 1. The topological polar surface area (TPSA) is 104 Å². The Hall–Kier alpha value is -3.80. The van der Waals surface area contributed by atoms with Gasteiger partial charge in [0.05, 0.1) is 11.1 Å². The Balaban J connectivity index is 2.15. The highest BCUT2D eigenvalue weighted by Gasteiger charge is 2.51. The van der Waals surface area contributed by atoms with Crippen LogP contribution < -0.4 is 0 Å². The van der Waals surface area contributed by atoms with Gasteiger partial charge in [0, 0.05) is 16.7 Å². The number of cyclic esters (lactones) is 1. The number of phenolic OH excluding ortho intramolecular Hbond substituents is 2. The summed E-state index contributed by atoms with van der Waals surface area (Å²) in [6.07, 6.45) is 2.56. The van der Waals surface area contributed by atoms with E-state index < -0.39 is 17.5 Å². The van der Waals surface area contributed by atoms with Gasteiger partial charge in [0.1, 0.15) is 11.5 Å². The summed E-state index contributed by atoms with van der Waals surface area (Å²) in [4.78, 5) is 25.2. The third-order valence-electron chi connectivity index (χ3n) is 7.04. The van der Waals surface area contributed by atoms with Crippen LogP contribution in [0.4, 0.5) is 0 Å². The van der Waals surface area contributed by atoms with Gasteiger partial charge in [0.15, 0.2) is 5.60 Å². The van der Waals surface area contributed by atoms with Crippen molar-refractivity contribution < 1.29 is 29.6 Å². The SMILES string of the molecule is CCc1cc(C2(c3cc(O)c(CC)c(CC)c3)OC(=O)c3c(C(=O)O)cccc32)cc(O)c1CC. The zero-order chi connectivity index (χ0) is 25.5. The Kier molecular flexibility index (Phi) is 6.32. The summed E-state index contributed by atoms with van der Waals surface area (Å²) in [7, 11) is 0. The average molecular weight is 475 g/mol. The van der Waals surface area contributed by atoms with Crippen LogP contribution in [0.2, 0.25) is 0 Å². The molecule has 0 aliphatic carbocycles. The number of rotatable bonds is 7. The molecule has 0 radical (unpaired) electrons. The third kappa shape index (κ3) is 3.64. The number of carbonyl (C=O) groups excluding carboxylic acids is 1. The van der Waals surface area contributed by atoms with Gasteiger partial charge in [-0.3, -0.25) is 0 Å². The number of hydrogen-bond acceptors (Lipinski definition) is 5. The minimum absolute atomic E-state index is 0.0192. The molecule has 0 atom stereocenters. The van der Waals surface area contributed by atoms with Gasteiger partial charge in [-0.05, 0) is 66.1 Å². The van der Waals surface area contributed by atoms with Crippen LogP contribution in [0.5, 0.6) is 11.5 Å². The van der Waals surface area contributed by atoms with Crippen molar-refractivity contribution >= 4 is 11.9 Å². The van der Waals surface area contributed by atoms with E-state index in [1.165, 1.54) is 6.07 Å². The number of aryl methyl sites for hydroxylation is 2. The van der Waals surface area contributed by atoms with Gasteiger partial charge in [-0.1, -0.05) is 52.0 Å². The molecular weight excluding hydrogens is 444 g/mol. The van der Waals surface area contributed by atoms with E-state index in [0.717, 1.165) is 22.3 Å². The highest BCUT2D eigenvalue weighted by atomic mass is 16.6. The van der Waals surface area contributed by atoms with Crippen molar-refractivity contribution in [2.75, 3.05) is 0 Å². The van der Waals surface area contributed by atoms with Gasteiger partial charge in [-0.15, -0.1) is 0 Å². The van der Waals surface area contributed by atoms with Gasteiger partial charge in [-0.2, -0.15) is 0 Å². The summed E-state index contributed by atoms with van der Waals surface area (Å²) in [6.45, 7) is 7.89. The monoisotopic (exact) mass is 474 g/mol. The third-order valence-corrected chi connectivity index (χ3v) is 7.04. The number of carbonyl (C=O) groups is 2. The van der Waals surface area contributed by atoms with Crippen molar-refractivity contribution in [3.63, 3.8) is 0 Å². The van der Waals surface area contributed by atoms with Crippen LogP contribution in [0.15, 0.2) is 42.5 Å². The lowest BCUT2D eigenvalue weighted by Crippen LogP contribution is -2.30. The van der Waals surface area contributed by atoms with Crippen LogP contribution in [-0.4, -0.2) is 27.3 Å². The minimum Gasteiger partial charge on any atom is -0.508 e. The number of carboxylic acid groups (broad SMARTS) is 1. The van der Waals surface area contributed by atoms with Gasteiger partial charge in [0.2, 0.25) is 0 Å². The largest absolute Gasteiger partial charge is 0.508 e. The molecule has 0 fully saturated rings. The number of hydrogen-bond donors (Lipinski definition) is 3. The number of phenols is 2. The van der Waals surface area contributed by atoms with Gasteiger partial charge >= 0.3 is 11.9 Å². The molecule has 0 unspecified atom stereocenters. The van der Waals surface area contributed by atoms with E-state index in [9.17, 15) is 24.9 Å². The van der Waals surface area contributed by atoms with E-state index in [1.54, 1.807) is 24.3 Å². The van der Waals surface area contributed by atoms with E-state index in [1.807, 2.05) is 39.8 Å². The molecule has 3 aromatic carbocycles. The fourth-order valence-electron chi connectivity index (χ4n) is 5.37. The summed E-state index contributed by atoms with van der Waals surface area (Å²) in [5.41, 5.74) is 3.13. The predicted molar refractivity (Wildman–Crippen MR) is 132 cm³/mol. The Morgan fingerprint density at radius 2 is 1.34 bits per heavy atom. The van der Waals surface area contributed by atoms with Crippen LogP contribution in [0, 0.1) is 0 Å². The smallest absolute Gasteiger partial charge is 0.341 e. The van der Waals surface area contributed by atoms with Crippen molar-refractivity contribution in [3.05, 3.63) is 92.5 Å². The second kappa shape index (κ2) is 9.10. The molecule has 3 N–H and O–H groups in total. The van der Waals surface area contributed by atoms with Gasteiger partial charge in [0.25, 0.3) is 0 Å². The van der Waals surface area contributed by atoms with Crippen LogP contribution in [0.3, 0.4) is 0 Å². The Labute approximate surface area is 204 Å². The normalized spacial score (nSPS) is 14.0. The molecule has 1 aliphatic heterocycles. The first kappa shape index (κ1) is 24.3. The first-order valence-electron chi connectivity index (χ1n) is 12.0. The molecule has 182 valence electrons. The summed E-state index contributed by atoms with van der Waals surface area (Å²) in [5.74, 6) is -1.81. The molecule has 0 bridgehead atoms. The van der Waals surface area contributed by atoms with Gasteiger partial charge in [-0.25, -0.2) is 9.59 Å². The lowest BCUT2D eigenvalue weighted by molar-refractivity contribution is 0.0247. The maximum atomic E-state index is 13.3. The number of aromatic hydroxyl groups is 2. The number of carboxylic acids is 1. The maximum Gasteiger partial charge on any atom is 0.341 e. The fraction of sp³-hybridized carbons (Fsp3) is 0.310. The second-order valence-electron chi connectivity index (χ2n) is 8.78. The quantitative estimate of drug-likeness (QED) is 0.390. The summed E-state index contributed by atoms with van der Waals surface area (Å²) in [5, 5.41) is 31.6. The first-order valence-corrected chi connectivity index (χ1v) is 12.0. The van der Waals surface area contributed by atoms with Gasteiger partial charge < -0.3 is 20.1 Å². The predicted octanol–water partition coefficient (Wildman–Crippen LogP) is 5.51. The maximum absolute atomic E-state index is 13.3. The van der Waals surface area contributed by atoms with Crippen LogP contribution in [0.1, 0.15) is 87.4 Å². The number of aromatic carboxylic acids is 1. The zero-order valence-electron chi connectivity index (χ0n) is 20.4. The molecule has 4 rings (SSSR count). The standard InChI is InChI=1S/C29H30O6/c1-5-16-12-18(14-24(30)20(16)7-3)29(19-13-17(6-2)21(8-4)25(31)15-19)23-11-9-10-22(27(32)33)26(23)28(34)35-29/h9-15,30-31H,5-8H2,1-4H3,(H,32,33). The second-order valence-corrected chi connectivity index (χ2v) is 8.78. The molecule has 0 amide bonds. The van der Waals surface area contributed by atoms with E-state index >= 15 is 0 Å². The van der Waals surface area contributed by atoms with Crippen LogP contribution in [0.25, 0.3) is 0 Å². The molecular formula is C29H30O6. The lowest BCUT2D eigenvalue weighted by Gasteiger charge is -2.32. The average Bonchev–Trinajstić information content (AvgIpc) is 3.16. The number of benzene rings is 3. The van der Waals surface area contributed by atoms with Crippen molar-refractivity contribution in [1.82, 2.24) is 0 Å². The molecule has 3 aromatic rings.